The average Bonchev–Trinajstić information content (AvgIpc) is 3.27. The lowest BCUT2D eigenvalue weighted by molar-refractivity contribution is -0.122. The highest BCUT2D eigenvalue weighted by molar-refractivity contribution is 5.81. The zero-order chi connectivity index (χ0) is 14.5. The molecule has 0 bridgehead atoms. The van der Waals surface area contributed by atoms with Gasteiger partial charge in [0.15, 0.2) is 11.5 Å². The molecule has 110 valence electrons. The number of nitrogens with one attached hydrogen (secondary N) is 2. The molecule has 0 spiro atoms. The summed E-state index contributed by atoms with van der Waals surface area (Å²) in [6.07, 6.45) is 2.20. The second-order valence-electron chi connectivity index (χ2n) is 5.04. The smallest absolute Gasteiger partial charge is 0.237 e. The average molecular weight is 278 g/mol. The summed E-state index contributed by atoms with van der Waals surface area (Å²) in [6, 6.07) is 5.88. The fourth-order valence-corrected chi connectivity index (χ4v) is 2.00. The Balaban J connectivity index is 1.93. The van der Waals surface area contributed by atoms with Crippen molar-refractivity contribution >= 4 is 5.91 Å². The summed E-state index contributed by atoms with van der Waals surface area (Å²) in [5.41, 5.74) is 0.970. The number of methoxy groups -OCH3 is 2. The van der Waals surface area contributed by atoms with E-state index in [4.69, 9.17) is 9.47 Å². The van der Waals surface area contributed by atoms with Gasteiger partial charge in [0.2, 0.25) is 5.91 Å². The minimum Gasteiger partial charge on any atom is -0.493 e. The van der Waals surface area contributed by atoms with Crippen molar-refractivity contribution in [3.63, 3.8) is 0 Å². The molecule has 2 N–H and O–H groups in total. The fourth-order valence-electron chi connectivity index (χ4n) is 2.00. The van der Waals surface area contributed by atoms with Crippen molar-refractivity contribution < 1.29 is 14.3 Å². The topological polar surface area (TPSA) is 59.6 Å². The number of carbonyl (C=O) groups is 1. The van der Waals surface area contributed by atoms with Gasteiger partial charge in [-0.05, 0) is 25.8 Å². The molecule has 1 aromatic carbocycles. The minimum absolute atomic E-state index is 0.0503. The molecule has 1 aromatic rings. The van der Waals surface area contributed by atoms with Crippen LogP contribution in [0.25, 0.3) is 0 Å². The zero-order valence-electron chi connectivity index (χ0n) is 12.2. The standard InChI is InChI=1S/C15H22N2O3/c1-10(15(18)17-12-7-8-12)16-9-11-5-4-6-13(19-2)14(11)20-3/h4-6,10,12,16H,7-9H2,1-3H3,(H,17,18). The predicted octanol–water partition coefficient (Wildman–Crippen LogP) is 1.46. The predicted molar refractivity (Wildman–Crippen MR) is 77.0 cm³/mol. The summed E-state index contributed by atoms with van der Waals surface area (Å²) in [4.78, 5) is 11.9. The lowest BCUT2D eigenvalue weighted by Crippen LogP contribution is -2.42. The van der Waals surface area contributed by atoms with Gasteiger partial charge in [-0.3, -0.25) is 4.79 Å². The van der Waals surface area contributed by atoms with Gasteiger partial charge in [-0.15, -0.1) is 0 Å². The fraction of sp³-hybridized carbons (Fsp3) is 0.533. The van der Waals surface area contributed by atoms with Gasteiger partial charge in [-0.2, -0.15) is 0 Å². The number of para-hydroxylation sites is 1. The largest absolute Gasteiger partial charge is 0.493 e. The van der Waals surface area contributed by atoms with Crippen LogP contribution in [0.4, 0.5) is 0 Å². The van der Waals surface area contributed by atoms with Crippen molar-refractivity contribution in [3.8, 4) is 11.5 Å². The lowest BCUT2D eigenvalue weighted by Gasteiger charge is -2.16. The molecule has 0 aliphatic heterocycles. The SMILES string of the molecule is COc1cccc(CNC(C)C(=O)NC2CC2)c1OC. The Bertz CT molecular complexity index is 472. The van der Waals surface area contributed by atoms with Crippen molar-refractivity contribution in [3.05, 3.63) is 23.8 Å². The molecule has 20 heavy (non-hydrogen) atoms. The van der Waals surface area contributed by atoms with Gasteiger partial charge in [-0.1, -0.05) is 12.1 Å². The van der Waals surface area contributed by atoms with Crippen LogP contribution >= 0.6 is 0 Å². The van der Waals surface area contributed by atoms with Crippen LogP contribution in [-0.4, -0.2) is 32.2 Å². The number of hydrogen-bond donors (Lipinski definition) is 2. The first kappa shape index (κ1) is 14.7. The number of ether oxygens (including phenoxy) is 2. The van der Waals surface area contributed by atoms with E-state index in [-0.39, 0.29) is 11.9 Å². The van der Waals surface area contributed by atoms with E-state index in [1.165, 1.54) is 0 Å². The van der Waals surface area contributed by atoms with E-state index in [1.54, 1.807) is 14.2 Å². The second kappa shape index (κ2) is 6.61. The minimum atomic E-state index is -0.230. The molecule has 0 aromatic heterocycles. The Labute approximate surface area is 119 Å². The first-order valence-corrected chi connectivity index (χ1v) is 6.89. The first-order chi connectivity index (χ1) is 9.65. The van der Waals surface area contributed by atoms with Crippen LogP contribution in [0.3, 0.4) is 0 Å². The summed E-state index contributed by atoms with van der Waals surface area (Å²) in [5.74, 6) is 1.45. The molecule has 0 heterocycles. The highest BCUT2D eigenvalue weighted by Crippen LogP contribution is 2.30. The zero-order valence-corrected chi connectivity index (χ0v) is 12.2. The molecule has 1 aliphatic rings. The Morgan fingerprint density at radius 2 is 2.10 bits per heavy atom. The Hall–Kier alpha value is -1.75. The molecule has 5 nitrogen and oxygen atoms in total. The van der Waals surface area contributed by atoms with Crippen molar-refractivity contribution in [1.29, 1.82) is 0 Å². The maximum atomic E-state index is 11.9. The van der Waals surface area contributed by atoms with Crippen molar-refractivity contribution in [2.24, 2.45) is 0 Å². The molecule has 1 unspecified atom stereocenters. The van der Waals surface area contributed by atoms with Gasteiger partial charge < -0.3 is 20.1 Å². The molecule has 1 fully saturated rings. The van der Waals surface area contributed by atoms with Gasteiger partial charge in [0, 0.05) is 18.2 Å². The summed E-state index contributed by atoms with van der Waals surface area (Å²) in [6.45, 7) is 2.42. The molecule has 1 saturated carbocycles. The lowest BCUT2D eigenvalue weighted by atomic mass is 10.1. The third-order valence-corrected chi connectivity index (χ3v) is 3.40. The van der Waals surface area contributed by atoms with Gasteiger partial charge in [0.05, 0.1) is 20.3 Å². The third kappa shape index (κ3) is 3.63. The van der Waals surface area contributed by atoms with Gasteiger partial charge >= 0.3 is 0 Å². The maximum absolute atomic E-state index is 11.9. The van der Waals surface area contributed by atoms with E-state index in [9.17, 15) is 4.79 Å². The highest BCUT2D eigenvalue weighted by Gasteiger charge is 2.25. The quantitative estimate of drug-likeness (QED) is 0.793. The number of rotatable bonds is 7. The molecule has 0 radical (unpaired) electrons. The highest BCUT2D eigenvalue weighted by atomic mass is 16.5. The molecule has 0 saturated heterocycles. The van der Waals surface area contributed by atoms with Crippen LogP contribution in [0.15, 0.2) is 18.2 Å². The van der Waals surface area contributed by atoms with Crippen LogP contribution in [-0.2, 0) is 11.3 Å². The second-order valence-corrected chi connectivity index (χ2v) is 5.04. The summed E-state index contributed by atoms with van der Waals surface area (Å²) >= 11 is 0. The molecular weight excluding hydrogens is 256 g/mol. The summed E-state index contributed by atoms with van der Waals surface area (Å²) < 4.78 is 10.6. The van der Waals surface area contributed by atoms with Crippen LogP contribution < -0.4 is 20.1 Å². The van der Waals surface area contributed by atoms with E-state index in [0.717, 1.165) is 18.4 Å². The van der Waals surface area contributed by atoms with Gasteiger partial charge in [-0.25, -0.2) is 0 Å². The van der Waals surface area contributed by atoms with Crippen LogP contribution in [0.5, 0.6) is 11.5 Å². The van der Waals surface area contributed by atoms with E-state index < -0.39 is 0 Å². The van der Waals surface area contributed by atoms with Crippen LogP contribution in [0, 0.1) is 0 Å². The maximum Gasteiger partial charge on any atom is 0.237 e. The van der Waals surface area contributed by atoms with Crippen molar-refractivity contribution in [1.82, 2.24) is 10.6 Å². The number of carbonyl (C=O) groups excluding carboxylic acids is 1. The number of benzene rings is 1. The summed E-state index contributed by atoms with van der Waals surface area (Å²) in [7, 11) is 3.23. The van der Waals surface area contributed by atoms with Crippen molar-refractivity contribution in [2.45, 2.75) is 38.4 Å². The van der Waals surface area contributed by atoms with Crippen molar-refractivity contribution in [2.75, 3.05) is 14.2 Å². The number of hydrogen-bond acceptors (Lipinski definition) is 4. The first-order valence-electron chi connectivity index (χ1n) is 6.89. The van der Waals surface area contributed by atoms with E-state index in [1.807, 2.05) is 25.1 Å². The Morgan fingerprint density at radius 3 is 2.70 bits per heavy atom. The molecular formula is C15H22N2O3. The molecule has 1 aliphatic carbocycles. The normalized spacial score (nSPS) is 15.6. The van der Waals surface area contributed by atoms with Gasteiger partial charge in [0.25, 0.3) is 0 Å². The molecule has 1 atom stereocenters. The van der Waals surface area contributed by atoms with E-state index in [2.05, 4.69) is 10.6 Å². The Morgan fingerprint density at radius 1 is 1.35 bits per heavy atom. The monoisotopic (exact) mass is 278 g/mol. The van der Waals surface area contributed by atoms with Crippen LogP contribution in [0.1, 0.15) is 25.3 Å². The van der Waals surface area contributed by atoms with Gasteiger partial charge in [0.1, 0.15) is 0 Å². The summed E-state index contributed by atoms with van der Waals surface area (Å²) in [5, 5.41) is 6.19. The molecule has 1 amide bonds. The van der Waals surface area contributed by atoms with Crippen LogP contribution in [0.2, 0.25) is 0 Å². The Kier molecular flexibility index (Phi) is 4.84. The van der Waals surface area contributed by atoms with E-state index in [0.29, 0.717) is 24.1 Å². The molecule has 2 rings (SSSR count). The number of amides is 1. The molecule has 5 heteroatoms. The third-order valence-electron chi connectivity index (χ3n) is 3.40. The van der Waals surface area contributed by atoms with E-state index >= 15 is 0 Å².